The molecule has 0 saturated heterocycles. The highest BCUT2D eigenvalue weighted by Gasteiger charge is 2.11. The number of carbonyl (C=O) groups excluding carboxylic acids is 1. The molecular formula is C20H19N2O3+. The van der Waals surface area contributed by atoms with Crippen LogP contribution < -0.4 is 10.3 Å². The Hall–Kier alpha value is -3.21. The van der Waals surface area contributed by atoms with Crippen molar-refractivity contribution in [2.24, 2.45) is 0 Å². The summed E-state index contributed by atoms with van der Waals surface area (Å²) in [5.41, 5.74) is 3.07. The Kier molecular flexibility index (Phi) is 4.75. The molecule has 1 heterocycles. The number of benzene rings is 2. The number of rotatable bonds is 5. The Morgan fingerprint density at radius 2 is 1.76 bits per heavy atom. The Labute approximate surface area is 145 Å². The summed E-state index contributed by atoms with van der Waals surface area (Å²) in [6, 6.07) is 15.1. The number of aromatic amines is 1. The zero-order valence-electron chi connectivity index (χ0n) is 14.1. The number of carbonyl (C=O) groups is 1. The van der Waals surface area contributed by atoms with Gasteiger partial charge in [-0.25, -0.2) is 4.79 Å². The summed E-state index contributed by atoms with van der Waals surface area (Å²) in [5, 5.41) is 2.46. The topological polar surface area (TPSA) is 66.9 Å². The SMILES string of the molecule is CC(C)c1ccc(/C=C/C(=O)c2ccc(-[n+]3cc(=O)o[nH]3)cc2)cc1. The summed E-state index contributed by atoms with van der Waals surface area (Å²) < 4.78 is 6.06. The summed E-state index contributed by atoms with van der Waals surface area (Å²) in [6.45, 7) is 4.30. The van der Waals surface area contributed by atoms with Crippen molar-refractivity contribution < 1.29 is 14.0 Å². The van der Waals surface area contributed by atoms with Crippen molar-refractivity contribution in [3.05, 3.63) is 87.9 Å². The lowest BCUT2D eigenvalue weighted by atomic mass is 10.0. The molecule has 0 saturated carbocycles. The first-order chi connectivity index (χ1) is 12.0. The van der Waals surface area contributed by atoms with Crippen LogP contribution in [0.2, 0.25) is 0 Å². The molecule has 0 radical (unpaired) electrons. The second-order valence-corrected chi connectivity index (χ2v) is 6.08. The van der Waals surface area contributed by atoms with Crippen LogP contribution in [0.5, 0.6) is 0 Å². The van der Waals surface area contributed by atoms with Gasteiger partial charge in [-0.1, -0.05) is 44.2 Å². The average Bonchev–Trinajstić information content (AvgIpc) is 3.06. The first kappa shape index (κ1) is 16.6. The van der Waals surface area contributed by atoms with E-state index in [1.165, 1.54) is 16.4 Å². The summed E-state index contributed by atoms with van der Waals surface area (Å²) >= 11 is 0. The van der Waals surface area contributed by atoms with Crippen LogP contribution in [0.15, 0.2) is 70.1 Å². The van der Waals surface area contributed by atoms with Gasteiger partial charge in [0.1, 0.15) is 0 Å². The van der Waals surface area contributed by atoms with Crippen molar-refractivity contribution in [3.63, 3.8) is 0 Å². The van der Waals surface area contributed by atoms with E-state index in [1.54, 1.807) is 30.3 Å². The van der Waals surface area contributed by atoms with E-state index in [-0.39, 0.29) is 5.78 Å². The van der Waals surface area contributed by atoms with E-state index in [0.717, 1.165) is 5.56 Å². The molecule has 0 atom stereocenters. The molecule has 0 fully saturated rings. The van der Waals surface area contributed by atoms with Crippen LogP contribution in [0.1, 0.15) is 41.3 Å². The lowest BCUT2D eigenvalue weighted by Crippen LogP contribution is -2.32. The van der Waals surface area contributed by atoms with E-state index in [2.05, 4.69) is 35.8 Å². The van der Waals surface area contributed by atoms with Gasteiger partial charge in [0.15, 0.2) is 5.78 Å². The highest BCUT2D eigenvalue weighted by molar-refractivity contribution is 6.06. The normalized spacial score (nSPS) is 11.3. The molecule has 2 aromatic carbocycles. The second kappa shape index (κ2) is 7.13. The molecule has 0 bridgehead atoms. The molecule has 0 aliphatic carbocycles. The monoisotopic (exact) mass is 335 g/mol. The lowest BCUT2D eigenvalue weighted by molar-refractivity contribution is -0.670. The Bertz CT molecular complexity index is 946. The number of ketones is 1. The second-order valence-electron chi connectivity index (χ2n) is 6.08. The van der Waals surface area contributed by atoms with Crippen molar-refractivity contribution in [2.45, 2.75) is 19.8 Å². The summed E-state index contributed by atoms with van der Waals surface area (Å²) in [7, 11) is 0. The minimum Gasteiger partial charge on any atom is -0.289 e. The van der Waals surface area contributed by atoms with Gasteiger partial charge in [-0.15, -0.1) is 0 Å². The molecule has 3 rings (SSSR count). The fourth-order valence-corrected chi connectivity index (χ4v) is 2.43. The highest BCUT2D eigenvalue weighted by Crippen LogP contribution is 2.15. The van der Waals surface area contributed by atoms with Gasteiger partial charge >= 0.3 is 5.63 Å². The minimum atomic E-state index is -0.466. The van der Waals surface area contributed by atoms with Gasteiger partial charge in [-0.2, -0.15) is 0 Å². The molecule has 0 unspecified atom stereocenters. The first-order valence-corrected chi connectivity index (χ1v) is 8.06. The van der Waals surface area contributed by atoms with Crippen molar-refractivity contribution in [1.82, 2.24) is 5.27 Å². The number of hydrogen-bond acceptors (Lipinski definition) is 3. The predicted molar refractivity (Wildman–Crippen MR) is 94.8 cm³/mol. The number of hydrogen-bond donors (Lipinski definition) is 1. The van der Waals surface area contributed by atoms with Crippen LogP contribution in [-0.4, -0.2) is 11.1 Å². The molecule has 0 amide bonds. The standard InChI is InChI=1S/C20H18N2O3/c1-14(2)16-6-3-15(4-7-16)5-12-19(23)17-8-10-18(11-9-17)22-13-20(24)25-21-22/h3-14H,1-2H3/p+1/b12-5+. The molecular weight excluding hydrogens is 316 g/mol. The van der Waals surface area contributed by atoms with Crippen molar-refractivity contribution in [2.75, 3.05) is 0 Å². The smallest absolute Gasteiger partial charge is 0.289 e. The molecule has 5 heteroatoms. The molecule has 0 spiro atoms. The first-order valence-electron chi connectivity index (χ1n) is 8.06. The third kappa shape index (κ3) is 4.01. The van der Waals surface area contributed by atoms with Crippen LogP contribution in [0.4, 0.5) is 0 Å². The van der Waals surface area contributed by atoms with Crippen LogP contribution in [0.25, 0.3) is 11.8 Å². The molecule has 5 nitrogen and oxygen atoms in total. The van der Waals surface area contributed by atoms with E-state index < -0.39 is 5.63 Å². The van der Waals surface area contributed by atoms with Gasteiger partial charge < -0.3 is 0 Å². The van der Waals surface area contributed by atoms with E-state index in [4.69, 9.17) is 0 Å². The van der Waals surface area contributed by atoms with Crippen molar-refractivity contribution in [1.29, 1.82) is 0 Å². The zero-order chi connectivity index (χ0) is 17.8. The van der Waals surface area contributed by atoms with Gasteiger partial charge in [0.05, 0.1) is 0 Å². The summed E-state index contributed by atoms with van der Waals surface area (Å²) in [4.78, 5) is 23.3. The van der Waals surface area contributed by atoms with Gasteiger partial charge in [-0.3, -0.25) is 9.32 Å². The van der Waals surface area contributed by atoms with E-state index >= 15 is 0 Å². The maximum atomic E-state index is 12.3. The highest BCUT2D eigenvalue weighted by atomic mass is 16.5. The average molecular weight is 335 g/mol. The maximum Gasteiger partial charge on any atom is 0.427 e. The summed E-state index contributed by atoms with van der Waals surface area (Å²) in [6.07, 6.45) is 4.66. The van der Waals surface area contributed by atoms with E-state index in [0.29, 0.717) is 17.2 Å². The predicted octanol–water partition coefficient (Wildman–Crippen LogP) is 3.26. The van der Waals surface area contributed by atoms with Crippen molar-refractivity contribution in [3.8, 4) is 5.69 Å². The molecule has 25 heavy (non-hydrogen) atoms. The summed E-state index contributed by atoms with van der Waals surface area (Å²) in [5.74, 6) is 0.409. The van der Waals surface area contributed by atoms with Crippen LogP contribution in [0, 0.1) is 0 Å². The molecule has 3 aromatic rings. The number of allylic oxidation sites excluding steroid dienone is 1. The maximum absolute atomic E-state index is 12.3. The largest absolute Gasteiger partial charge is 0.427 e. The van der Waals surface area contributed by atoms with Crippen LogP contribution >= 0.6 is 0 Å². The fraction of sp³-hybridized carbons (Fsp3) is 0.150. The number of nitrogens with zero attached hydrogens (tertiary/aromatic N) is 1. The van der Waals surface area contributed by atoms with Crippen LogP contribution in [-0.2, 0) is 0 Å². The van der Waals surface area contributed by atoms with Gasteiger partial charge in [0.25, 0.3) is 6.20 Å². The van der Waals surface area contributed by atoms with Crippen LogP contribution in [0.3, 0.4) is 0 Å². The van der Waals surface area contributed by atoms with E-state index in [1.807, 2.05) is 18.2 Å². The molecule has 1 aromatic heterocycles. The number of aromatic nitrogens is 2. The number of nitrogens with one attached hydrogen (secondary N) is 1. The van der Waals surface area contributed by atoms with Gasteiger partial charge in [0, 0.05) is 17.7 Å². The van der Waals surface area contributed by atoms with Gasteiger partial charge in [-0.05, 0) is 45.2 Å². The zero-order valence-corrected chi connectivity index (χ0v) is 14.1. The minimum absolute atomic E-state index is 0.0785. The third-order valence-corrected chi connectivity index (χ3v) is 3.94. The van der Waals surface area contributed by atoms with E-state index in [9.17, 15) is 9.59 Å². The third-order valence-electron chi connectivity index (χ3n) is 3.94. The lowest BCUT2D eigenvalue weighted by Gasteiger charge is -2.04. The Balaban J connectivity index is 1.71. The van der Waals surface area contributed by atoms with Crippen molar-refractivity contribution >= 4 is 11.9 Å². The molecule has 126 valence electrons. The number of H-pyrrole nitrogens is 1. The molecule has 0 aliphatic rings. The van der Waals surface area contributed by atoms with Gasteiger partial charge in [0.2, 0.25) is 5.69 Å². The molecule has 1 N–H and O–H groups in total. The Morgan fingerprint density at radius 3 is 2.32 bits per heavy atom. The fourth-order valence-electron chi connectivity index (χ4n) is 2.43. The Morgan fingerprint density at radius 1 is 1.08 bits per heavy atom. The molecule has 0 aliphatic heterocycles. The quantitative estimate of drug-likeness (QED) is 0.442.